The van der Waals surface area contributed by atoms with Crippen LogP contribution in [0, 0.1) is 15.9 Å². The molecular weight excluding hydrogens is 291 g/mol. The van der Waals surface area contributed by atoms with Crippen LogP contribution in [0.4, 0.5) is 20.6 Å². The average molecular weight is 305 g/mol. The first-order valence-corrected chi connectivity index (χ1v) is 6.03. The smallest absolute Gasteiger partial charge is 0.316 e. The van der Waals surface area contributed by atoms with Gasteiger partial charge in [-0.25, -0.2) is 9.18 Å². The zero-order valence-corrected chi connectivity index (χ0v) is 11.7. The first-order valence-electron chi connectivity index (χ1n) is 5.65. The molecule has 0 saturated heterocycles. The lowest BCUT2D eigenvalue weighted by atomic mass is 10.2. The molecule has 0 saturated carbocycles. The summed E-state index contributed by atoms with van der Waals surface area (Å²) in [7, 11) is 3.18. The van der Waals surface area contributed by atoms with Gasteiger partial charge in [-0.15, -0.1) is 0 Å². The zero-order chi connectivity index (χ0) is 15.3. The Balaban J connectivity index is 2.66. The molecule has 0 unspecified atom stereocenters. The van der Waals surface area contributed by atoms with E-state index in [1.807, 2.05) is 0 Å². The summed E-state index contributed by atoms with van der Waals surface area (Å²) in [6, 6.07) is 1.62. The van der Waals surface area contributed by atoms with Gasteiger partial charge in [0.1, 0.15) is 11.5 Å². The van der Waals surface area contributed by atoms with Crippen LogP contribution < -0.4 is 10.6 Å². The molecule has 0 radical (unpaired) electrons. The first kappa shape index (κ1) is 16.0. The Morgan fingerprint density at radius 3 is 2.65 bits per heavy atom. The third-order valence-electron chi connectivity index (χ3n) is 2.36. The number of anilines is 1. The summed E-state index contributed by atoms with van der Waals surface area (Å²) in [4.78, 5) is 22.7. The number of carbonyl (C=O) groups is 1. The molecule has 7 nitrogen and oxygen atoms in total. The van der Waals surface area contributed by atoms with Crippen molar-refractivity contribution in [1.29, 1.82) is 0 Å². The lowest BCUT2D eigenvalue weighted by Crippen LogP contribution is -2.37. The van der Waals surface area contributed by atoms with Crippen LogP contribution in [-0.4, -0.2) is 43.0 Å². The molecule has 0 bridgehead atoms. The van der Waals surface area contributed by atoms with E-state index in [-0.39, 0.29) is 29.8 Å². The highest BCUT2D eigenvalue weighted by Gasteiger charge is 2.17. The molecule has 2 N–H and O–H groups in total. The van der Waals surface area contributed by atoms with Crippen molar-refractivity contribution in [3.63, 3.8) is 0 Å². The number of urea groups is 1. The van der Waals surface area contributed by atoms with Crippen molar-refractivity contribution >= 4 is 29.0 Å². The van der Waals surface area contributed by atoms with Gasteiger partial charge >= 0.3 is 6.03 Å². The molecular formula is C11H14ClFN4O3. The fourth-order valence-electron chi connectivity index (χ4n) is 1.35. The van der Waals surface area contributed by atoms with Crippen molar-refractivity contribution in [3.8, 4) is 0 Å². The second-order valence-corrected chi connectivity index (χ2v) is 4.50. The fraction of sp³-hybridized carbons (Fsp3) is 0.364. The van der Waals surface area contributed by atoms with E-state index in [9.17, 15) is 19.3 Å². The number of carbonyl (C=O) groups excluding carboxylic acids is 1. The molecule has 110 valence electrons. The highest BCUT2D eigenvalue weighted by molar-refractivity contribution is 6.31. The van der Waals surface area contributed by atoms with Crippen LogP contribution in [0.1, 0.15) is 0 Å². The number of amides is 2. The van der Waals surface area contributed by atoms with Crippen molar-refractivity contribution < 1.29 is 14.1 Å². The largest absolute Gasteiger partial charge is 0.378 e. The molecule has 0 spiro atoms. The number of hydrogen-bond acceptors (Lipinski definition) is 4. The van der Waals surface area contributed by atoms with Crippen LogP contribution in [0.5, 0.6) is 0 Å². The van der Waals surface area contributed by atoms with Gasteiger partial charge in [-0.05, 0) is 6.07 Å². The Morgan fingerprint density at radius 2 is 2.10 bits per heavy atom. The van der Waals surface area contributed by atoms with Gasteiger partial charge in [0, 0.05) is 27.2 Å². The second kappa shape index (κ2) is 6.90. The van der Waals surface area contributed by atoms with Gasteiger partial charge in [0.05, 0.1) is 16.0 Å². The first-order chi connectivity index (χ1) is 9.32. The maximum Gasteiger partial charge on any atom is 0.316 e. The molecule has 20 heavy (non-hydrogen) atoms. The predicted octanol–water partition coefficient (Wildman–Crippen LogP) is 2.07. The van der Waals surface area contributed by atoms with Crippen LogP contribution >= 0.6 is 11.6 Å². The fourth-order valence-corrected chi connectivity index (χ4v) is 1.52. The minimum Gasteiger partial charge on any atom is -0.378 e. The molecule has 2 amide bonds. The second-order valence-electron chi connectivity index (χ2n) is 4.09. The number of benzene rings is 1. The molecule has 0 atom stereocenters. The number of rotatable bonds is 5. The summed E-state index contributed by atoms with van der Waals surface area (Å²) >= 11 is 5.58. The zero-order valence-electron chi connectivity index (χ0n) is 10.9. The molecule has 0 aliphatic heterocycles. The third-order valence-corrected chi connectivity index (χ3v) is 2.65. The van der Waals surface area contributed by atoms with E-state index in [2.05, 4.69) is 10.6 Å². The third kappa shape index (κ3) is 4.23. The summed E-state index contributed by atoms with van der Waals surface area (Å²) in [5, 5.41) is 15.9. The van der Waals surface area contributed by atoms with Crippen LogP contribution in [-0.2, 0) is 0 Å². The lowest BCUT2D eigenvalue weighted by Gasteiger charge is -2.13. The normalized spacial score (nSPS) is 10.0. The molecule has 1 rings (SSSR count). The molecule has 1 aromatic carbocycles. The summed E-state index contributed by atoms with van der Waals surface area (Å²) < 4.78 is 13.2. The molecule has 9 heteroatoms. The topological polar surface area (TPSA) is 87.5 Å². The number of nitrogens with zero attached hydrogens (tertiary/aromatic N) is 2. The standard InChI is InChI=1S/C11H14ClFN4O3/c1-16(2)11(18)15-4-3-14-9-5-7(12)8(13)6-10(9)17(19)20/h5-6,14H,3-4H2,1-2H3,(H,15,18). The van der Waals surface area contributed by atoms with E-state index in [0.717, 1.165) is 12.1 Å². The van der Waals surface area contributed by atoms with E-state index >= 15 is 0 Å². The molecule has 0 aliphatic rings. The van der Waals surface area contributed by atoms with Crippen LogP contribution in [0.25, 0.3) is 0 Å². The maximum absolute atomic E-state index is 13.2. The Kier molecular flexibility index (Phi) is 5.51. The summed E-state index contributed by atoms with van der Waals surface area (Å²) in [6.07, 6.45) is 0. The molecule has 1 aromatic rings. The maximum atomic E-state index is 13.2. The van der Waals surface area contributed by atoms with Crippen molar-refractivity contribution in [3.05, 3.63) is 33.1 Å². The van der Waals surface area contributed by atoms with Crippen molar-refractivity contribution in [2.45, 2.75) is 0 Å². The van der Waals surface area contributed by atoms with E-state index in [1.54, 1.807) is 14.1 Å². The number of hydrogen-bond donors (Lipinski definition) is 2. The van der Waals surface area contributed by atoms with Crippen molar-refractivity contribution in [2.75, 3.05) is 32.5 Å². The Hall–Kier alpha value is -2.09. The van der Waals surface area contributed by atoms with Gasteiger partial charge in [0.25, 0.3) is 5.69 Å². The van der Waals surface area contributed by atoms with Gasteiger partial charge < -0.3 is 15.5 Å². The van der Waals surface area contributed by atoms with Crippen molar-refractivity contribution in [2.24, 2.45) is 0 Å². The van der Waals surface area contributed by atoms with Crippen LogP contribution in [0.2, 0.25) is 5.02 Å². The number of nitrogens with one attached hydrogen (secondary N) is 2. The molecule has 0 heterocycles. The molecule has 0 fully saturated rings. The Bertz CT molecular complexity index is 525. The van der Waals surface area contributed by atoms with E-state index in [0.29, 0.717) is 0 Å². The summed E-state index contributed by atoms with van der Waals surface area (Å²) in [6.45, 7) is 0.492. The van der Waals surface area contributed by atoms with Gasteiger partial charge in [-0.2, -0.15) is 0 Å². The summed E-state index contributed by atoms with van der Waals surface area (Å²) in [5.41, 5.74) is -0.314. The minimum absolute atomic E-state index is 0.0977. The Morgan fingerprint density at radius 1 is 1.45 bits per heavy atom. The van der Waals surface area contributed by atoms with Gasteiger partial charge in [-0.3, -0.25) is 10.1 Å². The minimum atomic E-state index is -0.857. The molecule has 0 aromatic heterocycles. The van der Waals surface area contributed by atoms with Crippen LogP contribution in [0.3, 0.4) is 0 Å². The van der Waals surface area contributed by atoms with Gasteiger partial charge in [-0.1, -0.05) is 11.6 Å². The summed E-state index contributed by atoms with van der Waals surface area (Å²) in [5.74, 6) is -0.857. The number of nitro groups is 1. The lowest BCUT2D eigenvalue weighted by molar-refractivity contribution is -0.384. The number of nitro benzene ring substituents is 1. The average Bonchev–Trinajstić information content (AvgIpc) is 2.37. The van der Waals surface area contributed by atoms with Gasteiger partial charge in [0.15, 0.2) is 0 Å². The van der Waals surface area contributed by atoms with Crippen LogP contribution in [0.15, 0.2) is 12.1 Å². The van der Waals surface area contributed by atoms with Gasteiger partial charge in [0.2, 0.25) is 0 Å². The SMILES string of the molecule is CN(C)C(=O)NCCNc1cc(Cl)c(F)cc1[N+](=O)[O-]. The number of halogens is 2. The highest BCUT2D eigenvalue weighted by Crippen LogP contribution is 2.29. The van der Waals surface area contributed by atoms with E-state index in [1.165, 1.54) is 4.90 Å². The van der Waals surface area contributed by atoms with E-state index < -0.39 is 16.4 Å². The van der Waals surface area contributed by atoms with E-state index in [4.69, 9.17) is 11.6 Å². The predicted molar refractivity (Wildman–Crippen MR) is 73.6 cm³/mol. The molecule has 0 aliphatic carbocycles. The van der Waals surface area contributed by atoms with Crippen molar-refractivity contribution in [1.82, 2.24) is 10.2 Å². The monoisotopic (exact) mass is 304 g/mol. The highest BCUT2D eigenvalue weighted by atomic mass is 35.5. The Labute approximate surface area is 119 Å². The quantitative estimate of drug-likeness (QED) is 0.495.